The summed E-state index contributed by atoms with van der Waals surface area (Å²) in [6.07, 6.45) is 5.17. The lowest BCUT2D eigenvalue weighted by Crippen LogP contribution is -2.34. The van der Waals surface area contributed by atoms with Crippen LogP contribution in [-0.4, -0.2) is 31.2 Å². The normalized spacial score (nSPS) is 20.0. The van der Waals surface area contributed by atoms with E-state index in [4.69, 9.17) is 4.74 Å². The van der Waals surface area contributed by atoms with Gasteiger partial charge in [0, 0.05) is 24.8 Å². The van der Waals surface area contributed by atoms with Crippen LogP contribution in [0.25, 0.3) is 0 Å². The van der Waals surface area contributed by atoms with E-state index in [2.05, 4.69) is 22.9 Å². The van der Waals surface area contributed by atoms with Gasteiger partial charge in [-0.25, -0.2) is 4.79 Å². The minimum atomic E-state index is -0.280. The first-order chi connectivity index (χ1) is 12.0. The lowest BCUT2D eigenvalue weighted by atomic mass is 9.88. The molecule has 0 aromatic heterocycles. The minimum Gasteiger partial charge on any atom is -0.376 e. The smallest absolute Gasteiger partial charge is 0.319 e. The van der Waals surface area contributed by atoms with Crippen molar-refractivity contribution in [3.05, 3.63) is 23.8 Å². The van der Waals surface area contributed by atoms with Crippen LogP contribution in [0.4, 0.5) is 16.2 Å². The van der Waals surface area contributed by atoms with Crippen molar-refractivity contribution < 1.29 is 14.3 Å². The van der Waals surface area contributed by atoms with Crippen molar-refractivity contribution in [1.82, 2.24) is 5.32 Å². The molecule has 1 aliphatic rings. The highest BCUT2D eigenvalue weighted by Crippen LogP contribution is 2.26. The number of amides is 3. The summed E-state index contributed by atoms with van der Waals surface area (Å²) in [6.45, 7) is 6.58. The first kappa shape index (κ1) is 19.2. The van der Waals surface area contributed by atoms with Crippen molar-refractivity contribution in [2.24, 2.45) is 5.92 Å². The number of nitrogens with one attached hydrogen (secondary N) is 3. The van der Waals surface area contributed by atoms with Crippen molar-refractivity contribution in [1.29, 1.82) is 0 Å². The molecule has 0 unspecified atom stereocenters. The third-order valence-corrected chi connectivity index (χ3v) is 4.56. The molecular formula is C19H29N3O3. The van der Waals surface area contributed by atoms with Crippen molar-refractivity contribution in [2.75, 3.05) is 23.8 Å². The molecule has 0 bridgehead atoms. The summed E-state index contributed by atoms with van der Waals surface area (Å²) in [5.41, 5.74) is 2.27. The highest BCUT2D eigenvalue weighted by molar-refractivity contribution is 5.93. The molecule has 1 aliphatic carbocycles. The van der Waals surface area contributed by atoms with Crippen LogP contribution < -0.4 is 16.0 Å². The molecule has 0 spiro atoms. The summed E-state index contributed by atoms with van der Waals surface area (Å²) in [7, 11) is 0. The molecule has 3 N–H and O–H groups in total. The molecule has 2 rings (SSSR count). The van der Waals surface area contributed by atoms with Gasteiger partial charge in [0.15, 0.2) is 0 Å². The lowest BCUT2D eigenvalue weighted by Gasteiger charge is -2.28. The van der Waals surface area contributed by atoms with Crippen LogP contribution >= 0.6 is 0 Å². The van der Waals surface area contributed by atoms with E-state index in [0.717, 1.165) is 12.0 Å². The Balaban J connectivity index is 1.73. The second-order valence-corrected chi connectivity index (χ2v) is 6.76. The number of rotatable bonds is 6. The number of urea groups is 1. The summed E-state index contributed by atoms with van der Waals surface area (Å²) in [4.78, 5) is 23.2. The second-order valence-electron chi connectivity index (χ2n) is 6.76. The summed E-state index contributed by atoms with van der Waals surface area (Å²) in [6, 6.07) is 5.13. The standard InChI is InChI=1S/C19H29N3O3/c1-13-8-9-16(12-17(13)21-15(3)23)22-19(24)20-10-11-25-18-7-5-4-6-14(18)2/h8-9,12,14,18H,4-7,10-11H2,1-3H3,(H,21,23)(H2,20,22,24)/t14-,18+/m1/s1. The molecule has 6 heteroatoms. The maximum Gasteiger partial charge on any atom is 0.319 e. The van der Waals surface area contributed by atoms with Gasteiger partial charge >= 0.3 is 6.03 Å². The molecule has 1 aromatic rings. The molecule has 0 radical (unpaired) electrons. The monoisotopic (exact) mass is 347 g/mol. The van der Waals surface area contributed by atoms with Crippen molar-refractivity contribution in [3.63, 3.8) is 0 Å². The average molecular weight is 347 g/mol. The third-order valence-electron chi connectivity index (χ3n) is 4.56. The zero-order chi connectivity index (χ0) is 18.2. The fourth-order valence-electron chi connectivity index (χ4n) is 3.10. The molecule has 0 aliphatic heterocycles. The van der Waals surface area contributed by atoms with E-state index in [9.17, 15) is 9.59 Å². The molecule has 3 amide bonds. The minimum absolute atomic E-state index is 0.140. The molecule has 1 aromatic carbocycles. The van der Waals surface area contributed by atoms with Gasteiger partial charge in [-0.05, 0) is 43.4 Å². The maximum atomic E-state index is 12.0. The van der Waals surface area contributed by atoms with Gasteiger partial charge < -0.3 is 20.7 Å². The van der Waals surface area contributed by atoms with E-state index in [1.165, 1.54) is 26.2 Å². The van der Waals surface area contributed by atoms with Crippen LogP contribution in [0.2, 0.25) is 0 Å². The number of carbonyl (C=O) groups is 2. The van der Waals surface area contributed by atoms with Gasteiger partial charge in [0.25, 0.3) is 0 Å². The maximum absolute atomic E-state index is 12.0. The topological polar surface area (TPSA) is 79.5 Å². The highest BCUT2D eigenvalue weighted by Gasteiger charge is 2.21. The molecule has 0 saturated heterocycles. The van der Waals surface area contributed by atoms with E-state index in [1.807, 2.05) is 13.0 Å². The van der Waals surface area contributed by atoms with Gasteiger partial charge in [-0.3, -0.25) is 4.79 Å². The highest BCUT2D eigenvalue weighted by atomic mass is 16.5. The molecule has 0 heterocycles. The summed E-state index contributed by atoms with van der Waals surface area (Å²) in [5.74, 6) is 0.459. The van der Waals surface area contributed by atoms with Crippen LogP contribution in [-0.2, 0) is 9.53 Å². The van der Waals surface area contributed by atoms with Gasteiger partial charge in [0.05, 0.1) is 12.7 Å². The Labute approximate surface area is 149 Å². The number of hydrogen-bond donors (Lipinski definition) is 3. The van der Waals surface area contributed by atoms with Crippen molar-refractivity contribution >= 4 is 23.3 Å². The van der Waals surface area contributed by atoms with Crippen LogP contribution in [0.3, 0.4) is 0 Å². The van der Waals surface area contributed by atoms with E-state index >= 15 is 0 Å². The van der Waals surface area contributed by atoms with Gasteiger partial charge in [-0.15, -0.1) is 0 Å². The average Bonchev–Trinajstić information content (AvgIpc) is 2.56. The van der Waals surface area contributed by atoms with Gasteiger partial charge in [-0.1, -0.05) is 25.8 Å². The number of anilines is 2. The van der Waals surface area contributed by atoms with Gasteiger partial charge in [0.1, 0.15) is 0 Å². The quantitative estimate of drug-likeness (QED) is 0.687. The molecule has 1 saturated carbocycles. The number of carbonyl (C=O) groups excluding carboxylic acids is 2. The number of hydrogen-bond acceptors (Lipinski definition) is 3. The van der Waals surface area contributed by atoms with Crippen LogP contribution in [0.15, 0.2) is 18.2 Å². The Kier molecular flexibility index (Phi) is 7.25. The Morgan fingerprint density at radius 1 is 1.20 bits per heavy atom. The Morgan fingerprint density at radius 2 is 1.96 bits per heavy atom. The molecule has 6 nitrogen and oxygen atoms in total. The summed E-state index contributed by atoms with van der Waals surface area (Å²) >= 11 is 0. The Morgan fingerprint density at radius 3 is 2.68 bits per heavy atom. The predicted octanol–water partition coefficient (Wildman–Crippen LogP) is 3.67. The molecule has 2 atom stereocenters. The number of benzene rings is 1. The number of ether oxygens (including phenoxy) is 1. The zero-order valence-corrected chi connectivity index (χ0v) is 15.4. The van der Waals surface area contributed by atoms with Gasteiger partial charge in [-0.2, -0.15) is 0 Å². The molecule has 1 fully saturated rings. The Hall–Kier alpha value is -2.08. The van der Waals surface area contributed by atoms with Crippen LogP contribution in [0.1, 0.15) is 45.1 Å². The lowest BCUT2D eigenvalue weighted by molar-refractivity contribution is -0.114. The molecule has 25 heavy (non-hydrogen) atoms. The van der Waals surface area contributed by atoms with Crippen molar-refractivity contribution in [3.8, 4) is 0 Å². The SMILES string of the molecule is CC(=O)Nc1cc(NC(=O)NCCO[C@H]2CCCC[C@H]2C)ccc1C. The van der Waals surface area contributed by atoms with Crippen LogP contribution in [0, 0.1) is 12.8 Å². The van der Waals surface area contributed by atoms with Gasteiger partial charge in [0.2, 0.25) is 5.91 Å². The fourth-order valence-corrected chi connectivity index (χ4v) is 3.10. The van der Waals surface area contributed by atoms with E-state index in [-0.39, 0.29) is 11.9 Å². The molecular weight excluding hydrogens is 318 g/mol. The first-order valence-corrected chi connectivity index (χ1v) is 9.00. The first-order valence-electron chi connectivity index (χ1n) is 9.00. The summed E-state index contributed by atoms with van der Waals surface area (Å²) < 4.78 is 5.88. The van der Waals surface area contributed by atoms with E-state index < -0.39 is 0 Å². The van der Waals surface area contributed by atoms with Crippen molar-refractivity contribution in [2.45, 2.75) is 52.6 Å². The summed E-state index contributed by atoms with van der Waals surface area (Å²) in [5, 5.41) is 8.32. The number of aryl methyl sites for hydroxylation is 1. The third kappa shape index (κ3) is 6.38. The predicted molar refractivity (Wildman–Crippen MR) is 99.9 cm³/mol. The molecule has 138 valence electrons. The zero-order valence-electron chi connectivity index (χ0n) is 15.4. The van der Waals surface area contributed by atoms with Crippen LogP contribution in [0.5, 0.6) is 0 Å². The van der Waals surface area contributed by atoms with E-state index in [0.29, 0.717) is 36.5 Å². The second kappa shape index (κ2) is 9.42. The Bertz CT molecular complexity index is 604. The van der Waals surface area contributed by atoms with E-state index in [1.54, 1.807) is 12.1 Å². The largest absolute Gasteiger partial charge is 0.376 e. The fraction of sp³-hybridized carbons (Fsp3) is 0.579.